The van der Waals surface area contributed by atoms with Crippen LogP contribution in [0.15, 0.2) is 54.6 Å². The molecule has 1 unspecified atom stereocenters. The first-order valence-corrected chi connectivity index (χ1v) is 6.38. The van der Waals surface area contributed by atoms with Crippen molar-refractivity contribution >= 4 is 17.6 Å². The van der Waals surface area contributed by atoms with Crippen LogP contribution in [-0.2, 0) is 4.79 Å². The van der Waals surface area contributed by atoms with Crippen molar-refractivity contribution in [2.75, 3.05) is 4.90 Å². The molecule has 3 rings (SSSR count). The average Bonchev–Trinajstić information content (AvgIpc) is 2.73. The van der Waals surface area contributed by atoms with Gasteiger partial charge in [0.25, 0.3) is 5.91 Å². The van der Waals surface area contributed by atoms with Crippen molar-refractivity contribution in [3.63, 3.8) is 0 Å². The number of rotatable bonds is 3. The number of carbonyl (C=O) groups is 2. The molecular formula is C16H13NO3. The normalized spacial score (nSPS) is 17.1. The van der Waals surface area contributed by atoms with E-state index in [2.05, 4.69) is 0 Å². The van der Waals surface area contributed by atoms with Crippen LogP contribution in [0.3, 0.4) is 0 Å². The van der Waals surface area contributed by atoms with Gasteiger partial charge in [0.05, 0.1) is 12.5 Å². The number of amides is 1. The van der Waals surface area contributed by atoms with Crippen molar-refractivity contribution in [1.29, 1.82) is 0 Å². The Kier molecular flexibility index (Phi) is 2.99. The number of para-hydroxylation sites is 1. The molecule has 1 amide bonds. The molecule has 1 N–H and O–H groups in total. The van der Waals surface area contributed by atoms with Gasteiger partial charge in [-0.05, 0) is 23.8 Å². The van der Waals surface area contributed by atoms with Gasteiger partial charge in [-0.25, -0.2) is 0 Å². The topological polar surface area (TPSA) is 57.6 Å². The zero-order valence-corrected chi connectivity index (χ0v) is 10.7. The van der Waals surface area contributed by atoms with Crippen molar-refractivity contribution < 1.29 is 14.7 Å². The molecule has 0 radical (unpaired) electrons. The summed E-state index contributed by atoms with van der Waals surface area (Å²) in [4.78, 5) is 25.2. The van der Waals surface area contributed by atoms with Gasteiger partial charge in [0.2, 0.25) is 0 Å². The van der Waals surface area contributed by atoms with Crippen molar-refractivity contribution in [3.8, 4) is 0 Å². The molecule has 0 spiro atoms. The summed E-state index contributed by atoms with van der Waals surface area (Å²) in [7, 11) is 0. The molecule has 0 aliphatic carbocycles. The molecule has 20 heavy (non-hydrogen) atoms. The minimum atomic E-state index is -0.916. The summed E-state index contributed by atoms with van der Waals surface area (Å²) in [5.74, 6) is -1.06. The Morgan fingerprint density at radius 3 is 2.40 bits per heavy atom. The summed E-state index contributed by atoms with van der Waals surface area (Å²) < 4.78 is 0. The third-order valence-corrected chi connectivity index (χ3v) is 3.48. The van der Waals surface area contributed by atoms with Crippen molar-refractivity contribution in [3.05, 3.63) is 65.7 Å². The molecule has 1 atom stereocenters. The molecular weight excluding hydrogens is 254 g/mol. The van der Waals surface area contributed by atoms with Gasteiger partial charge in [-0.15, -0.1) is 0 Å². The third-order valence-electron chi connectivity index (χ3n) is 3.48. The molecule has 4 nitrogen and oxygen atoms in total. The predicted molar refractivity (Wildman–Crippen MR) is 74.7 cm³/mol. The minimum absolute atomic E-state index is 0.0996. The second-order valence-electron chi connectivity index (χ2n) is 4.71. The van der Waals surface area contributed by atoms with Gasteiger partial charge in [0.1, 0.15) is 0 Å². The van der Waals surface area contributed by atoms with E-state index in [1.54, 1.807) is 17.0 Å². The Hall–Kier alpha value is -2.62. The molecule has 0 saturated carbocycles. The second-order valence-corrected chi connectivity index (χ2v) is 4.71. The number of anilines is 1. The molecule has 2 aromatic carbocycles. The molecule has 1 aliphatic heterocycles. The van der Waals surface area contributed by atoms with Gasteiger partial charge in [-0.1, -0.05) is 36.4 Å². The Morgan fingerprint density at radius 2 is 1.70 bits per heavy atom. The fraction of sp³-hybridized carbons (Fsp3) is 0.125. The van der Waals surface area contributed by atoms with E-state index in [1.807, 2.05) is 42.5 Å². The third kappa shape index (κ3) is 1.95. The molecule has 1 heterocycles. The molecule has 4 heteroatoms. The number of nitrogens with zero attached hydrogens (tertiary/aromatic N) is 1. The highest BCUT2D eigenvalue weighted by Crippen LogP contribution is 2.39. The van der Waals surface area contributed by atoms with E-state index in [1.165, 1.54) is 0 Å². The first kappa shape index (κ1) is 12.4. The Bertz CT molecular complexity index is 666. The first-order chi connectivity index (χ1) is 9.68. The Balaban J connectivity index is 2.10. The average molecular weight is 267 g/mol. The van der Waals surface area contributed by atoms with E-state index in [0.717, 1.165) is 11.3 Å². The summed E-state index contributed by atoms with van der Waals surface area (Å²) in [5, 5.41) is 9.11. The van der Waals surface area contributed by atoms with E-state index in [-0.39, 0.29) is 12.3 Å². The molecule has 100 valence electrons. The van der Waals surface area contributed by atoms with Crippen molar-refractivity contribution in [1.82, 2.24) is 0 Å². The van der Waals surface area contributed by atoms with E-state index in [4.69, 9.17) is 5.11 Å². The number of hydrogen-bond acceptors (Lipinski definition) is 2. The largest absolute Gasteiger partial charge is 0.481 e. The van der Waals surface area contributed by atoms with Crippen LogP contribution in [-0.4, -0.2) is 17.0 Å². The molecule has 0 aromatic heterocycles. The molecule has 0 bridgehead atoms. The van der Waals surface area contributed by atoms with Gasteiger partial charge < -0.3 is 10.0 Å². The van der Waals surface area contributed by atoms with Crippen LogP contribution in [0.5, 0.6) is 0 Å². The molecule has 0 fully saturated rings. The number of benzene rings is 2. The summed E-state index contributed by atoms with van der Waals surface area (Å²) >= 11 is 0. The van der Waals surface area contributed by atoms with E-state index in [9.17, 15) is 9.59 Å². The van der Waals surface area contributed by atoms with Gasteiger partial charge in [-0.2, -0.15) is 0 Å². The van der Waals surface area contributed by atoms with Gasteiger partial charge in [0.15, 0.2) is 0 Å². The van der Waals surface area contributed by atoms with E-state index >= 15 is 0 Å². The predicted octanol–water partition coefficient (Wildman–Crippen LogP) is 2.86. The van der Waals surface area contributed by atoms with Gasteiger partial charge in [0, 0.05) is 11.3 Å². The monoisotopic (exact) mass is 267 g/mol. The number of hydrogen-bond donors (Lipinski definition) is 1. The highest BCUT2D eigenvalue weighted by atomic mass is 16.4. The van der Waals surface area contributed by atoms with Crippen molar-refractivity contribution in [2.24, 2.45) is 0 Å². The van der Waals surface area contributed by atoms with Gasteiger partial charge >= 0.3 is 5.97 Å². The zero-order chi connectivity index (χ0) is 14.1. The fourth-order valence-electron chi connectivity index (χ4n) is 2.65. The first-order valence-electron chi connectivity index (χ1n) is 6.38. The zero-order valence-electron chi connectivity index (χ0n) is 10.7. The second kappa shape index (κ2) is 4.81. The quantitative estimate of drug-likeness (QED) is 0.930. The van der Waals surface area contributed by atoms with E-state index in [0.29, 0.717) is 5.56 Å². The Labute approximate surface area is 116 Å². The fourth-order valence-corrected chi connectivity index (χ4v) is 2.65. The lowest BCUT2D eigenvalue weighted by atomic mass is 10.0. The lowest BCUT2D eigenvalue weighted by molar-refractivity contribution is -0.137. The summed E-state index contributed by atoms with van der Waals surface area (Å²) in [6.45, 7) is 0. The SMILES string of the molecule is O=C(O)CC1c2ccccc2C(=O)N1c1ccccc1. The Morgan fingerprint density at radius 1 is 1.05 bits per heavy atom. The van der Waals surface area contributed by atoms with Crippen LogP contribution < -0.4 is 4.90 Å². The van der Waals surface area contributed by atoms with E-state index < -0.39 is 12.0 Å². The highest BCUT2D eigenvalue weighted by Gasteiger charge is 2.38. The number of carboxylic acids is 1. The maximum Gasteiger partial charge on any atom is 0.305 e. The van der Waals surface area contributed by atoms with Crippen LogP contribution in [0.2, 0.25) is 0 Å². The smallest absolute Gasteiger partial charge is 0.305 e. The lowest BCUT2D eigenvalue weighted by Crippen LogP contribution is -2.29. The standard InChI is InChI=1S/C16H13NO3/c18-15(19)10-14-12-8-4-5-9-13(12)16(20)17(14)11-6-2-1-3-7-11/h1-9,14H,10H2,(H,18,19). The summed E-state index contributed by atoms with van der Waals surface area (Å²) in [6.07, 6.45) is -0.0996. The summed E-state index contributed by atoms with van der Waals surface area (Å²) in [6, 6.07) is 15.9. The molecule has 0 saturated heterocycles. The minimum Gasteiger partial charge on any atom is -0.481 e. The highest BCUT2D eigenvalue weighted by molar-refractivity contribution is 6.11. The number of carboxylic acid groups (broad SMARTS) is 1. The maximum atomic E-state index is 12.5. The number of aliphatic carboxylic acids is 1. The molecule has 2 aromatic rings. The lowest BCUT2D eigenvalue weighted by Gasteiger charge is -2.24. The van der Waals surface area contributed by atoms with Crippen LogP contribution in [0.25, 0.3) is 0 Å². The van der Waals surface area contributed by atoms with Crippen LogP contribution >= 0.6 is 0 Å². The summed E-state index contributed by atoms with van der Waals surface area (Å²) in [5.41, 5.74) is 2.09. The molecule has 1 aliphatic rings. The number of fused-ring (bicyclic) bond motifs is 1. The van der Waals surface area contributed by atoms with Crippen LogP contribution in [0.4, 0.5) is 5.69 Å². The maximum absolute atomic E-state index is 12.5. The van der Waals surface area contributed by atoms with Gasteiger partial charge in [-0.3, -0.25) is 9.59 Å². The van der Waals surface area contributed by atoms with Crippen LogP contribution in [0, 0.1) is 0 Å². The number of carbonyl (C=O) groups excluding carboxylic acids is 1. The van der Waals surface area contributed by atoms with Crippen LogP contribution in [0.1, 0.15) is 28.4 Å². The van der Waals surface area contributed by atoms with Crippen molar-refractivity contribution in [2.45, 2.75) is 12.5 Å².